The summed E-state index contributed by atoms with van der Waals surface area (Å²) < 4.78 is 13.2. The second-order valence-electron chi connectivity index (χ2n) is 6.79. The van der Waals surface area contributed by atoms with E-state index in [2.05, 4.69) is 22.5 Å². The standard InChI is InChI=1S/C20H31FN4O/c1-4-18(25-13-5-6-19(25)26)10-12-24-20(22-3)23-11-9-16-7-8-17(21)14-15(16)2/h7-8,14,18H,4-6,9-13H2,1-3H3,(H2,22,23,24). The molecule has 1 aromatic rings. The molecular weight excluding hydrogens is 331 g/mol. The van der Waals surface area contributed by atoms with E-state index < -0.39 is 0 Å². The number of guanidine groups is 1. The maximum absolute atomic E-state index is 13.2. The normalized spacial score (nSPS) is 16.1. The van der Waals surface area contributed by atoms with Gasteiger partial charge in [-0.2, -0.15) is 0 Å². The van der Waals surface area contributed by atoms with Crippen LogP contribution in [0.4, 0.5) is 4.39 Å². The van der Waals surface area contributed by atoms with Crippen LogP contribution in [0.3, 0.4) is 0 Å². The number of hydrogen-bond donors (Lipinski definition) is 2. The first-order valence-electron chi connectivity index (χ1n) is 9.54. The molecule has 1 atom stereocenters. The minimum atomic E-state index is -0.196. The number of nitrogens with zero attached hydrogens (tertiary/aromatic N) is 2. The third-order valence-electron chi connectivity index (χ3n) is 5.01. The highest BCUT2D eigenvalue weighted by molar-refractivity contribution is 5.79. The van der Waals surface area contributed by atoms with Crippen LogP contribution in [-0.2, 0) is 11.2 Å². The van der Waals surface area contributed by atoms with E-state index in [1.54, 1.807) is 13.1 Å². The summed E-state index contributed by atoms with van der Waals surface area (Å²) in [5.41, 5.74) is 2.10. The maximum Gasteiger partial charge on any atom is 0.222 e. The molecule has 1 fully saturated rings. The zero-order chi connectivity index (χ0) is 18.9. The van der Waals surface area contributed by atoms with Gasteiger partial charge in [-0.15, -0.1) is 0 Å². The average Bonchev–Trinajstić information content (AvgIpc) is 3.04. The van der Waals surface area contributed by atoms with Crippen LogP contribution in [0.2, 0.25) is 0 Å². The van der Waals surface area contributed by atoms with Crippen molar-refractivity contribution in [3.05, 3.63) is 35.1 Å². The van der Waals surface area contributed by atoms with Gasteiger partial charge in [-0.05, 0) is 55.9 Å². The van der Waals surface area contributed by atoms with Gasteiger partial charge >= 0.3 is 0 Å². The molecule has 1 aliphatic rings. The summed E-state index contributed by atoms with van der Waals surface area (Å²) >= 11 is 0. The van der Waals surface area contributed by atoms with E-state index in [1.807, 2.05) is 17.9 Å². The number of halogens is 1. The number of nitrogens with one attached hydrogen (secondary N) is 2. The molecule has 1 aliphatic heterocycles. The molecule has 1 amide bonds. The molecule has 1 heterocycles. The number of amides is 1. The zero-order valence-electron chi connectivity index (χ0n) is 16.1. The fourth-order valence-corrected chi connectivity index (χ4v) is 3.47. The number of likely N-dealkylation sites (tertiary alicyclic amines) is 1. The first-order chi connectivity index (χ1) is 12.5. The number of carbonyl (C=O) groups is 1. The van der Waals surface area contributed by atoms with E-state index in [1.165, 1.54) is 6.07 Å². The van der Waals surface area contributed by atoms with E-state index in [-0.39, 0.29) is 11.7 Å². The van der Waals surface area contributed by atoms with Gasteiger partial charge in [0.15, 0.2) is 5.96 Å². The summed E-state index contributed by atoms with van der Waals surface area (Å²) in [6, 6.07) is 5.20. The quantitative estimate of drug-likeness (QED) is 0.552. The van der Waals surface area contributed by atoms with Crippen LogP contribution < -0.4 is 10.6 Å². The van der Waals surface area contributed by atoms with E-state index in [0.29, 0.717) is 12.5 Å². The number of carbonyl (C=O) groups excluding carboxylic acids is 1. The van der Waals surface area contributed by atoms with Crippen molar-refractivity contribution in [1.82, 2.24) is 15.5 Å². The van der Waals surface area contributed by atoms with Crippen molar-refractivity contribution in [2.24, 2.45) is 4.99 Å². The fraction of sp³-hybridized carbons (Fsp3) is 0.600. The molecule has 0 radical (unpaired) electrons. The SMILES string of the molecule is CCC(CCNC(=NC)NCCc1ccc(F)cc1C)N1CCCC1=O. The molecule has 2 N–H and O–H groups in total. The van der Waals surface area contributed by atoms with Crippen molar-refractivity contribution < 1.29 is 9.18 Å². The molecule has 0 aromatic heterocycles. The summed E-state index contributed by atoms with van der Waals surface area (Å²) in [5.74, 6) is 0.847. The predicted octanol–water partition coefficient (Wildman–Crippen LogP) is 2.63. The summed E-state index contributed by atoms with van der Waals surface area (Å²) in [6.07, 6.45) is 4.38. The minimum absolute atomic E-state index is 0.196. The summed E-state index contributed by atoms with van der Waals surface area (Å²) in [5, 5.41) is 6.62. The number of aliphatic imine (C=N–C) groups is 1. The molecule has 1 saturated heterocycles. The highest BCUT2D eigenvalue weighted by atomic mass is 19.1. The molecule has 26 heavy (non-hydrogen) atoms. The summed E-state index contributed by atoms with van der Waals surface area (Å²) in [6.45, 7) is 6.46. The molecule has 2 rings (SSSR count). The van der Waals surface area contributed by atoms with Crippen LogP contribution in [0.25, 0.3) is 0 Å². The molecule has 0 saturated carbocycles. The average molecular weight is 362 g/mol. The Bertz CT molecular complexity index is 632. The zero-order valence-corrected chi connectivity index (χ0v) is 16.1. The third kappa shape index (κ3) is 5.71. The van der Waals surface area contributed by atoms with Crippen molar-refractivity contribution in [2.45, 2.75) is 52.0 Å². The first kappa shape index (κ1) is 20.2. The molecule has 5 nitrogen and oxygen atoms in total. The lowest BCUT2D eigenvalue weighted by Crippen LogP contribution is -2.42. The molecule has 0 spiro atoms. The molecular formula is C20H31FN4O. The van der Waals surface area contributed by atoms with Gasteiger partial charge in [-0.1, -0.05) is 13.0 Å². The molecule has 1 unspecified atom stereocenters. The van der Waals surface area contributed by atoms with Gasteiger partial charge < -0.3 is 15.5 Å². The van der Waals surface area contributed by atoms with E-state index in [0.717, 1.165) is 62.4 Å². The Balaban J connectivity index is 1.72. The van der Waals surface area contributed by atoms with Gasteiger partial charge in [0.2, 0.25) is 5.91 Å². The van der Waals surface area contributed by atoms with Crippen LogP contribution in [-0.4, -0.2) is 49.5 Å². The van der Waals surface area contributed by atoms with Gasteiger partial charge in [-0.3, -0.25) is 9.79 Å². The molecule has 0 aliphatic carbocycles. The lowest BCUT2D eigenvalue weighted by Gasteiger charge is -2.27. The monoisotopic (exact) mass is 362 g/mol. The number of benzene rings is 1. The number of hydrogen-bond acceptors (Lipinski definition) is 2. The van der Waals surface area contributed by atoms with E-state index >= 15 is 0 Å². The van der Waals surface area contributed by atoms with Crippen molar-refractivity contribution in [1.29, 1.82) is 0 Å². The Morgan fingerprint density at radius 2 is 2.12 bits per heavy atom. The largest absolute Gasteiger partial charge is 0.356 e. The van der Waals surface area contributed by atoms with Gasteiger partial charge in [0.05, 0.1) is 0 Å². The van der Waals surface area contributed by atoms with Crippen LogP contribution >= 0.6 is 0 Å². The van der Waals surface area contributed by atoms with Crippen molar-refractivity contribution >= 4 is 11.9 Å². The van der Waals surface area contributed by atoms with Crippen LogP contribution in [0, 0.1) is 12.7 Å². The third-order valence-corrected chi connectivity index (χ3v) is 5.01. The highest BCUT2D eigenvalue weighted by Crippen LogP contribution is 2.17. The number of rotatable bonds is 8. The minimum Gasteiger partial charge on any atom is -0.356 e. The second-order valence-corrected chi connectivity index (χ2v) is 6.79. The first-order valence-corrected chi connectivity index (χ1v) is 9.54. The number of aryl methyl sites for hydroxylation is 1. The Morgan fingerprint density at radius 3 is 2.73 bits per heavy atom. The molecule has 144 valence electrons. The Hall–Kier alpha value is -2.11. The molecule has 6 heteroatoms. The molecule has 1 aromatic carbocycles. The fourth-order valence-electron chi connectivity index (χ4n) is 3.47. The smallest absolute Gasteiger partial charge is 0.222 e. The van der Waals surface area contributed by atoms with Crippen molar-refractivity contribution in [3.63, 3.8) is 0 Å². The van der Waals surface area contributed by atoms with Gasteiger partial charge in [0.1, 0.15) is 5.82 Å². The predicted molar refractivity (Wildman–Crippen MR) is 104 cm³/mol. The lowest BCUT2D eigenvalue weighted by atomic mass is 10.1. The highest BCUT2D eigenvalue weighted by Gasteiger charge is 2.26. The van der Waals surface area contributed by atoms with Crippen molar-refractivity contribution in [2.75, 3.05) is 26.7 Å². The lowest BCUT2D eigenvalue weighted by molar-refractivity contribution is -0.129. The second kappa shape index (κ2) is 10.1. The van der Waals surface area contributed by atoms with Gasteiger partial charge in [0, 0.05) is 39.1 Å². The van der Waals surface area contributed by atoms with Crippen LogP contribution in [0.1, 0.15) is 43.7 Å². The molecule has 0 bridgehead atoms. The van der Waals surface area contributed by atoms with Gasteiger partial charge in [-0.25, -0.2) is 4.39 Å². The summed E-state index contributed by atoms with van der Waals surface area (Å²) in [4.78, 5) is 18.2. The van der Waals surface area contributed by atoms with Crippen LogP contribution in [0.15, 0.2) is 23.2 Å². The van der Waals surface area contributed by atoms with E-state index in [4.69, 9.17) is 0 Å². The Morgan fingerprint density at radius 1 is 1.35 bits per heavy atom. The van der Waals surface area contributed by atoms with Crippen molar-refractivity contribution in [3.8, 4) is 0 Å². The van der Waals surface area contributed by atoms with Crippen LogP contribution in [0.5, 0.6) is 0 Å². The maximum atomic E-state index is 13.2. The topological polar surface area (TPSA) is 56.7 Å². The van der Waals surface area contributed by atoms with E-state index in [9.17, 15) is 9.18 Å². The Kier molecular flexibility index (Phi) is 7.88. The Labute approximate surface area is 156 Å². The summed E-state index contributed by atoms with van der Waals surface area (Å²) in [7, 11) is 1.75. The van der Waals surface area contributed by atoms with Gasteiger partial charge in [0.25, 0.3) is 0 Å².